The van der Waals surface area contributed by atoms with Crippen LogP contribution in [0.25, 0.3) is 0 Å². The fourth-order valence-corrected chi connectivity index (χ4v) is 2.08. The summed E-state index contributed by atoms with van der Waals surface area (Å²) in [7, 11) is 0. The first-order chi connectivity index (χ1) is 9.70. The molecule has 0 aromatic carbocycles. The zero-order valence-corrected chi connectivity index (χ0v) is 13.1. The number of fused-ring (bicyclic) bond motifs is 1. The van der Waals surface area contributed by atoms with Crippen molar-refractivity contribution in [1.29, 1.82) is 0 Å². The molecular formula is C16H26N2O2. The van der Waals surface area contributed by atoms with E-state index in [0.29, 0.717) is 19.7 Å². The molecule has 1 aliphatic rings. The summed E-state index contributed by atoms with van der Waals surface area (Å²) in [6, 6.07) is 4.05. The van der Waals surface area contributed by atoms with Crippen LogP contribution in [0, 0.1) is 6.92 Å². The second-order valence-electron chi connectivity index (χ2n) is 4.70. The molecule has 0 fully saturated rings. The van der Waals surface area contributed by atoms with E-state index < -0.39 is 0 Å². The first-order valence-electron chi connectivity index (χ1n) is 7.58. The number of carbonyl (C=O) groups is 1. The number of hydrogen-bond acceptors (Lipinski definition) is 3. The van der Waals surface area contributed by atoms with E-state index >= 15 is 0 Å². The van der Waals surface area contributed by atoms with Crippen LogP contribution < -0.4 is 0 Å². The number of unbranched alkanes of at least 4 members (excludes halogenated alkanes) is 1. The maximum atomic E-state index is 11.8. The third kappa shape index (κ3) is 4.51. The smallest absolute Gasteiger partial charge is 0.410 e. The largest absolute Gasteiger partial charge is 0.449 e. The zero-order valence-electron chi connectivity index (χ0n) is 13.1. The number of ether oxygens (including phenoxy) is 1. The monoisotopic (exact) mass is 278 g/mol. The lowest BCUT2D eigenvalue weighted by atomic mass is 10.1. The van der Waals surface area contributed by atoms with Crippen molar-refractivity contribution in [3.05, 3.63) is 29.1 Å². The van der Waals surface area contributed by atoms with Gasteiger partial charge in [-0.3, -0.25) is 4.98 Å². The minimum absolute atomic E-state index is 0.199. The van der Waals surface area contributed by atoms with Crippen molar-refractivity contribution < 1.29 is 9.53 Å². The number of nitrogens with zero attached hydrogens (tertiary/aromatic N) is 2. The summed E-state index contributed by atoms with van der Waals surface area (Å²) in [5.74, 6) is 0. The van der Waals surface area contributed by atoms with Crippen LogP contribution in [0.3, 0.4) is 0 Å². The molecule has 0 atom stereocenters. The van der Waals surface area contributed by atoms with Crippen molar-refractivity contribution in [3.8, 4) is 0 Å². The van der Waals surface area contributed by atoms with E-state index in [1.54, 1.807) is 4.90 Å². The Morgan fingerprint density at radius 2 is 2.15 bits per heavy atom. The number of hydrogen-bond donors (Lipinski definition) is 0. The highest BCUT2D eigenvalue weighted by atomic mass is 16.6. The highest BCUT2D eigenvalue weighted by molar-refractivity contribution is 5.68. The second kappa shape index (κ2) is 8.56. The Hall–Kier alpha value is -1.58. The van der Waals surface area contributed by atoms with Gasteiger partial charge in [0.2, 0.25) is 0 Å². The number of aromatic nitrogens is 1. The molecule has 0 radical (unpaired) electrons. The van der Waals surface area contributed by atoms with Crippen LogP contribution in [0.2, 0.25) is 0 Å². The number of carbonyl (C=O) groups excluding carboxylic acids is 1. The molecule has 0 saturated heterocycles. The summed E-state index contributed by atoms with van der Waals surface area (Å²) in [6.45, 7) is 9.91. The van der Waals surface area contributed by atoms with Gasteiger partial charge >= 0.3 is 6.09 Å². The second-order valence-corrected chi connectivity index (χ2v) is 4.70. The molecule has 1 aromatic heterocycles. The van der Waals surface area contributed by atoms with Crippen LogP contribution in [0.5, 0.6) is 0 Å². The molecule has 0 saturated carbocycles. The summed E-state index contributed by atoms with van der Waals surface area (Å²) in [5.41, 5.74) is 3.29. The Labute approximate surface area is 122 Å². The number of pyridine rings is 1. The highest BCUT2D eigenvalue weighted by Gasteiger charge is 2.22. The van der Waals surface area contributed by atoms with Crippen molar-refractivity contribution in [2.75, 3.05) is 13.2 Å². The Bertz CT molecular complexity index is 432. The molecule has 1 amide bonds. The molecular weight excluding hydrogens is 252 g/mol. The summed E-state index contributed by atoms with van der Waals surface area (Å²) in [4.78, 5) is 18.1. The number of amides is 1. The van der Waals surface area contributed by atoms with Gasteiger partial charge in [-0.2, -0.15) is 0 Å². The lowest BCUT2D eigenvalue weighted by molar-refractivity contribution is 0.0963. The first kappa shape index (κ1) is 16.5. The van der Waals surface area contributed by atoms with Gasteiger partial charge in [0.25, 0.3) is 0 Å². The first-order valence-corrected chi connectivity index (χ1v) is 7.58. The summed E-state index contributed by atoms with van der Waals surface area (Å²) >= 11 is 0. The van der Waals surface area contributed by atoms with E-state index in [-0.39, 0.29) is 6.09 Å². The average Bonchev–Trinajstić information content (AvgIpc) is 2.49. The summed E-state index contributed by atoms with van der Waals surface area (Å²) in [5, 5.41) is 0. The van der Waals surface area contributed by atoms with Gasteiger partial charge in [0.15, 0.2) is 0 Å². The van der Waals surface area contributed by atoms with E-state index in [1.807, 2.05) is 26.8 Å². The predicted octanol–water partition coefficient (Wildman–Crippen LogP) is 3.71. The highest BCUT2D eigenvalue weighted by Crippen LogP contribution is 2.18. The molecule has 0 unspecified atom stereocenters. The van der Waals surface area contributed by atoms with Crippen molar-refractivity contribution in [3.63, 3.8) is 0 Å². The lowest BCUT2D eigenvalue weighted by Crippen LogP contribution is -2.36. The van der Waals surface area contributed by atoms with E-state index in [9.17, 15) is 4.79 Å². The fourth-order valence-electron chi connectivity index (χ4n) is 2.08. The lowest BCUT2D eigenvalue weighted by Gasteiger charge is -2.27. The number of rotatable bonds is 3. The topological polar surface area (TPSA) is 42.4 Å². The van der Waals surface area contributed by atoms with Crippen molar-refractivity contribution in [2.24, 2.45) is 0 Å². The van der Waals surface area contributed by atoms with Gasteiger partial charge in [-0.15, -0.1) is 0 Å². The molecule has 0 aliphatic carbocycles. The van der Waals surface area contributed by atoms with Gasteiger partial charge in [0.05, 0.1) is 13.2 Å². The predicted molar refractivity (Wildman–Crippen MR) is 80.7 cm³/mol. The van der Waals surface area contributed by atoms with Gasteiger partial charge in [-0.25, -0.2) is 4.79 Å². The zero-order chi connectivity index (χ0) is 15.0. The minimum atomic E-state index is -0.199. The molecule has 2 heterocycles. The SMILES string of the molecule is CC.CCCCOC(=O)N1CCc2nc(C)ccc2C1. The van der Waals surface area contributed by atoms with Gasteiger partial charge in [-0.1, -0.05) is 33.3 Å². The van der Waals surface area contributed by atoms with E-state index in [4.69, 9.17) is 4.74 Å². The molecule has 20 heavy (non-hydrogen) atoms. The Kier molecular flexibility index (Phi) is 7.05. The third-order valence-electron chi connectivity index (χ3n) is 3.17. The molecule has 1 aromatic rings. The van der Waals surface area contributed by atoms with Crippen molar-refractivity contribution in [2.45, 2.75) is 53.5 Å². The maximum Gasteiger partial charge on any atom is 0.410 e. The molecule has 0 bridgehead atoms. The molecule has 4 heteroatoms. The molecule has 0 spiro atoms. The Balaban J connectivity index is 0.000000956. The standard InChI is InChI=1S/C14H20N2O2.C2H6/c1-3-4-9-18-14(17)16-8-7-13-12(10-16)6-5-11(2)15-13;1-2/h5-6H,3-4,7-10H2,1-2H3;1-2H3. The third-order valence-corrected chi connectivity index (χ3v) is 3.17. The summed E-state index contributed by atoms with van der Waals surface area (Å²) < 4.78 is 5.23. The average molecular weight is 278 g/mol. The van der Waals surface area contributed by atoms with Crippen molar-refractivity contribution >= 4 is 6.09 Å². The molecule has 1 aliphatic heterocycles. The van der Waals surface area contributed by atoms with E-state index in [2.05, 4.69) is 18.0 Å². The van der Waals surface area contributed by atoms with Crippen LogP contribution in [0.1, 0.15) is 50.6 Å². The van der Waals surface area contributed by atoms with Crippen LogP contribution in [-0.4, -0.2) is 29.1 Å². The molecule has 0 N–H and O–H groups in total. The van der Waals surface area contributed by atoms with Crippen LogP contribution in [-0.2, 0) is 17.7 Å². The maximum absolute atomic E-state index is 11.8. The Morgan fingerprint density at radius 1 is 1.40 bits per heavy atom. The minimum Gasteiger partial charge on any atom is -0.449 e. The normalized spacial score (nSPS) is 13.1. The van der Waals surface area contributed by atoms with E-state index in [1.165, 1.54) is 0 Å². The van der Waals surface area contributed by atoms with Gasteiger partial charge in [-0.05, 0) is 25.0 Å². The summed E-state index contributed by atoms with van der Waals surface area (Å²) in [6.07, 6.45) is 2.59. The van der Waals surface area contributed by atoms with Crippen LogP contribution in [0.4, 0.5) is 4.79 Å². The van der Waals surface area contributed by atoms with Crippen molar-refractivity contribution in [1.82, 2.24) is 9.88 Å². The Morgan fingerprint density at radius 3 is 2.85 bits per heavy atom. The van der Waals surface area contributed by atoms with Gasteiger partial charge in [0.1, 0.15) is 0 Å². The fraction of sp³-hybridized carbons (Fsp3) is 0.625. The quantitative estimate of drug-likeness (QED) is 0.791. The molecule has 2 rings (SSSR count). The van der Waals surface area contributed by atoms with Crippen LogP contribution >= 0.6 is 0 Å². The van der Waals surface area contributed by atoms with Crippen LogP contribution in [0.15, 0.2) is 12.1 Å². The molecule has 4 nitrogen and oxygen atoms in total. The molecule has 112 valence electrons. The van der Waals surface area contributed by atoms with Gasteiger partial charge in [0, 0.05) is 24.4 Å². The number of aryl methyl sites for hydroxylation is 1. The van der Waals surface area contributed by atoms with E-state index in [0.717, 1.165) is 36.2 Å². The van der Waals surface area contributed by atoms with Gasteiger partial charge < -0.3 is 9.64 Å².